The van der Waals surface area contributed by atoms with Crippen LogP contribution in [0.3, 0.4) is 0 Å². The van der Waals surface area contributed by atoms with Crippen LogP contribution in [-0.2, 0) is 4.79 Å². The second-order valence-corrected chi connectivity index (χ2v) is 6.95. The van der Waals surface area contributed by atoms with E-state index in [1.165, 1.54) is 37.0 Å². The fourth-order valence-electron chi connectivity index (χ4n) is 2.64. The monoisotopic (exact) mass is 311 g/mol. The van der Waals surface area contributed by atoms with E-state index in [0.717, 1.165) is 10.8 Å². The predicted molar refractivity (Wildman–Crippen MR) is 86.4 cm³/mol. The van der Waals surface area contributed by atoms with Gasteiger partial charge in [-0.1, -0.05) is 30.9 Å². The molecule has 0 heterocycles. The first-order valence-electron chi connectivity index (χ1n) is 7.31. The smallest absolute Gasteiger partial charge is 0.223 e. The van der Waals surface area contributed by atoms with Gasteiger partial charge in [0.25, 0.3) is 0 Å². The summed E-state index contributed by atoms with van der Waals surface area (Å²) in [7, 11) is 1.96. The summed E-state index contributed by atoms with van der Waals surface area (Å²) >= 11 is 7.57. The molecule has 110 valence electrons. The Labute approximate surface area is 130 Å². The molecular formula is C16H22ClNOS. The number of carbonyl (C=O) groups is 1. The lowest BCUT2D eigenvalue weighted by Crippen LogP contribution is -2.38. The lowest BCUT2D eigenvalue weighted by Gasteiger charge is -2.31. The molecule has 20 heavy (non-hydrogen) atoms. The van der Waals surface area contributed by atoms with Gasteiger partial charge in [0.05, 0.1) is 0 Å². The van der Waals surface area contributed by atoms with E-state index in [1.807, 2.05) is 36.2 Å². The van der Waals surface area contributed by atoms with Crippen LogP contribution in [0.5, 0.6) is 0 Å². The standard InChI is InChI=1S/C16H22ClNOS/c1-18(14-5-3-2-4-6-14)16(19)11-12-20-15-9-7-13(17)8-10-15/h7-10,14H,2-6,11-12H2,1H3. The Kier molecular flexibility index (Phi) is 6.24. The molecule has 0 unspecified atom stereocenters. The number of hydrogen-bond acceptors (Lipinski definition) is 2. The molecule has 0 radical (unpaired) electrons. The highest BCUT2D eigenvalue weighted by Crippen LogP contribution is 2.24. The van der Waals surface area contributed by atoms with Crippen LogP contribution in [0, 0.1) is 0 Å². The van der Waals surface area contributed by atoms with Crippen molar-refractivity contribution in [2.24, 2.45) is 0 Å². The summed E-state index contributed by atoms with van der Waals surface area (Å²) in [5, 5.41) is 0.752. The lowest BCUT2D eigenvalue weighted by atomic mass is 9.94. The van der Waals surface area contributed by atoms with Crippen LogP contribution < -0.4 is 0 Å². The van der Waals surface area contributed by atoms with E-state index in [0.29, 0.717) is 12.5 Å². The van der Waals surface area contributed by atoms with Gasteiger partial charge in [0.1, 0.15) is 0 Å². The van der Waals surface area contributed by atoms with Crippen molar-refractivity contribution in [2.75, 3.05) is 12.8 Å². The third-order valence-corrected chi connectivity index (χ3v) is 5.18. The lowest BCUT2D eigenvalue weighted by molar-refractivity contribution is -0.132. The summed E-state index contributed by atoms with van der Waals surface area (Å²) in [6, 6.07) is 8.25. The number of thioether (sulfide) groups is 1. The average Bonchev–Trinajstić information content (AvgIpc) is 2.49. The maximum atomic E-state index is 12.2. The van der Waals surface area contributed by atoms with Gasteiger partial charge in [-0.15, -0.1) is 11.8 Å². The van der Waals surface area contributed by atoms with Crippen LogP contribution in [0.2, 0.25) is 5.02 Å². The summed E-state index contributed by atoms with van der Waals surface area (Å²) in [4.78, 5) is 15.3. The van der Waals surface area contributed by atoms with Crippen molar-refractivity contribution < 1.29 is 4.79 Å². The number of benzene rings is 1. The van der Waals surface area contributed by atoms with Crippen LogP contribution >= 0.6 is 23.4 Å². The van der Waals surface area contributed by atoms with Gasteiger partial charge in [-0.2, -0.15) is 0 Å². The van der Waals surface area contributed by atoms with E-state index in [2.05, 4.69) is 0 Å². The number of hydrogen-bond donors (Lipinski definition) is 0. The van der Waals surface area contributed by atoms with Crippen LogP contribution in [0.15, 0.2) is 29.2 Å². The first-order valence-corrected chi connectivity index (χ1v) is 8.67. The molecule has 1 aliphatic rings. The molecule has 1 saturated carbocycles. The number of halogens is 1. The topological polar surface area (TPSA) is 20.3 Å². The van der Waals surface area contributed by atoms with Crippen LogP contribution in [0.1, 0.15) is 38.5 Å². The van der Waals surface area contributed by atoms with Gasteiger partial charge >= 0.3 is 0 Å². The summed E-state index contributed by atoms with van der Waals surface area (Å²) in [6.07, 6.45) is 6.81. The molecule has 0 aliphatic heterocycles. The fourth-order valence-corrected chi connectivity index (χ4v) is 3.60. The van der Waals surface area contributed by atoms with Crippen molar-refractivity contribution >= 4 is 29.3 Å². The Hall–Kier alpha value is -0.670. The molecule has 2 rings (SSSR count). The molecule has 0 saturated heterocycles. The molecule has 0 aromatic heterocycles. The average molecular weight is 312 g/mol. The highest BCUT2D eigenvalue weighted by atomic mass is 35.5. The number of carbonyl (C=O) groups excluding carboxylic acids is 1. The van der Waals surface area contributed by atoms with Crippen molar-refractivity contribution in [3.05, 3.63) is 29.3 Å². The zero-order valence-electron chi connectivity index (χ0n) is 12.0. The minimum absolute atomic E-state index is 0.276. The molecule has 1 fully saturated rings. The molecule has 0 spiro atoms. The highest BCUT2D eigenvalue weighted by molar-refractivity contribution is 7.99. The Balaban J connectivity index is 1.72. The molecule has 0 bridgehead atoms. The number of amides is 1. The summed E-state index contributed by atoms with van der Waals surface area (Å²) in [5.74, 6) is 1.11. The maximum absolute atomic E-state index is 12.2. The van der Waals surface area contributed by atoms with E-state index < -0.39 is 0 Å². The summed E-state index contributed by atoms with van der Waals surface area (Å²) < 4.78 is 0. The number of nitrogens with zero attached hydrogens (tertiary/aromatic N) is 1. The van der Waals surface area contributed by atoms with E-state index >= 15 is 0 Å². The first kappa shape index (κ1) is 15.7. The molecule has 1 aliphatic carbocycles. The minimum Gasteiger partial charge on any atom is -0.343 e. The van der Waals surface area contributed by atoms with Crippen molar-refractivity contribution in [2.45, 2.75) is 49.5 Å². The summed E-state index contributed by atoms with van der Waals surface area (Å²) in [6.45, 7) is 0. The van der Waals surface area contributed by atoms with Gasteiger partial charge in [0, 0.05) is 35.2 Å². The largest absolute Gasteiger partial charge is 0.343 e. The van der Waals surface area contributed by atoms with Gasteiger partial charge in [-0.05, 0) is 37.1 Å². The molecule has 1 aromatic rings. The minimum atomic E-state index is 0.276. The molecule has 0 N–H and O–H groups in total. The molecule has 1 aromatic carbocycles. The van der Waals surface area contributed by atoms with Gasteiger partial charge < -0.3 is 4.90 Å². The Morgan fingerprint density at radius 1 is 1.25 bits per heavy atom. The normalized spacial score (nSPS) is 16.1. The highest BCUT2D eigenvalue weighted by Gasteiger charge is 2.21. The second-order valence-electron chi connectivity index (χ2n) is 5.35. The predicted octanol–water partition coefficient (Wildman–Crippen LogP) is 4.61. The van der Waals surface area contributed by atoms with Crippen LogP contribution in [0.25, 0.3) is 0 Å². The third-order valence-electron chi connectivity index (χ3n) is 3.91. The molecule has 4 heteroatoms. The SMILES string of the molecule is CN(C(=O)CCSc1ccc(Cl)cc1)C1CCCCC1. The fraction of sp³-hybridized carbons (Fsp3) is 0.562. The van der Waals surface area contributed by atoms with Crippen LogP contribution in [0.4, 0.5) is 0 Å². The molecule has 2 nitrogen and oxygen atoms in total. The van der Waals surface area contributed by atoms with Crippen molar-refractivity contribution in [3.63, 3.8) is 0 Å². The number of rotatable bonds is 5. The van der Waals surface area contributed by atoms with Gasteiger partial charge in [0.15, 0.2) is 0 Å². The second kappa shape index (κ2) is 7.94. The molecular weight excluding hydrogens is 290 g/mol. The quantitative estimate of drug-likeness (QED) is 0.740. The van der Waals surface area contributed by atoms with Crippen molar-refractivity contribution in [1.29, 1.82) is 0 Å². The Morgan fingerprint density at radius 3 is 2.55 bits per heavy atom. The molecule has 0 atom stereocenters. The van der Waals surface area contributed by atoms with Crippen LogP contribution in [-0.4, -0.2) is 29.6 Å². The van der Waals surface area contributed by atoms with Gasteiger partial charge in [-0.3, -0.25) is 4.79 Å². The van der Waals surface area contributed by atoms with E-state index in [1.54, 1.807) is 11.8 Å². The van der Waals surface area contributed by atoms with Crippen molar-refractivity contribution in [1.82, 2.24) is 4.90 Å². The maximum Gasteiger partial charge on any atom is 0.223 e. The van der Waals surface area contributed by atoms with Gasteiger partial charge in [-0.25, -0.2) is 0 Å². The van der Waals surface area contributed by atoms with E-state index in [4.69, 9.17) is 11.6 Å². The van der Waals surface area contributed by atoms with E-state index in [9.17, 15) is 4.79 Å². The zero-order chi connectivity index (χ0) is 14.4. The van der Waals surface area contributed by atoms with E-state index in [-0.39, 0.29) is 5.91 Å². The Bertz CT molecular complexity index is 429. The zero-order valence-corrected chi connectivity index (χ0v) is 13.6. The molecule has 1 amide bonds. The summed E-state index contributed by atoms with van der Waals surface area (Å²) in [5.41, 5.74) is 0. The first-order chi connectivity index (χ1) is 9.66. The Morgan fingerprint density at radius 2 is 1.90 bits per heavy atom. The van der Waals surface area contributed by atoms with Crippen molar-refractivity contribution in [3.8, 4) is 0 Å². The van der Waals surface area contributed by atoms with Gasteiger partial charge in [0.2, 0.25) is 5.91 Å². The third kappa shape index (κ3) is 4.71.